The summed E-state index contributed by atoms with van der Waals surface area (Å²) in [5, 5.41) is 0.925. The number of rotatable bonds is 2. The Bertz CT molecular complexity index is 361. The molecule has 0 heterocycles. The fraction of sp³-hybridized carbons (Fsp3) is 0.167. The van der Waals surface area contributed by atoms with E-state index in [-0.39, 0.29) is 0 Å². The third-order valence-corrected chi connectivity index (χ3v) is 2.85. The van der Waals surface area contributed by atoms with E-state index in [0.29, 0.717) is 0 Å². The van der Waals surface area contributed by atoms with Gasteiger partial charge in [0.2, 0.25) is 0 Å². The minimum absolute atomic E-state index is 0.925. The lowest BCUT2D eigenvalue weighted by Gasteiger charge is -2.05. The number of allylic oxidation sites excluding steroid dienone is 4. The van der Waals surface area contributed by atoms with Gasteiger partial charge < -0.3 is 0 Å². The molecule has 0 amide bonds. The summed E-state index contributed by atoms with van der Waals surface area (Å²) in [5.41, 5.74) is 4.07. The maximum absolute atomic E-state index is 3.50. The molecule has 1 aliphatic rings. The molecule has 1 aliphatic carbocycles. The van der Waals surface area contributed by atoms with E-state index in [2.05, 4.69) is 58.4 Å². The van der Waals surface area contributed by atoms with Crippen molar-refractivity contribution in [2.24, 2.45) is 0 Å². The summed E-state index contributed by atoms with van der Waals surface area (Å²) in [6.45, 7) is 0. The van der Waals surface area contributed by atoms with Crippen molar-refractivity contribution in [3.8, 4) is 0 Å². The third-order valence-electron chi connectivity index (χ3n) is 2.24. The number of alkyl halides is 1. The SMILES string of the molecule is BrCc1ccccc1C1=CCC=C1. The van der Waals surface area contributed by atoms with Crippen LogP contribution in [-0.4, -0.2) is 0 Å². The fourth-order valence-electron chi connectivity index (χ4n) is 1.58. The maximum atomic E-state index is 3.50. The summed E-state index contributed by atoms with van der Waals surface area (Å²) in [4.78, 5) is 0. The monoisotopic (exact) mass is 234 g/mol. The van der Waals surface area contributed by atoms with Gasteiger partial charge in [0.1, 0.15) is 0 Å². The normalized spacial score (nSPS) is 14.7. The molecule has 0 spiro atoms. The number of benzene rings is 1. The van der Waals surface area contributed by atoms with Crippen LogP contribution < -0.4 is 0 Å². The van der Waals surface area contributed by atoms with Crippen LogP contribution in [0.25, 0.3) is 5.57 Å². The van der Waals surface area contributed by atoms with E-state index in [4.69, 9.17) is 0 Å². The lowest BCUT2D eigenvalue weighted by atomic mass is 10.0. The second kappa shape index (κ2) is 3.93. The van der Waals surface area contributed by atoms with Crippen molar-refractivity contribution in [2.45, 2.75) is 11.8 Å². The highest BCUT2D eigenvalue weighted by atomic mass is 79.9. The van der Waals surface area contributed by atoms with Gasteiger partial charge in [-0.15, -0.1) is 0 Å². The highest BCUT2D eigenvalue weighted by molar-refractivity contribution is 9.08. The van der Waals surface area contributed by atoms with Crippen molar-refractivity contribution in [3.05, 3.63) is 53.6 Å². The van der Waals surface area contributed by atoms with E-state index in [9.17, 15) is 0 Å². The van der Waals surface area contributed by atoms with Gasteiger partial charge in [0.05, 0.1) is 0 Å². The van der Waals surface area contributed by atoms with Crippen LogP contribution in [0, 0.1) is 0 Å². The molecule has 0 nitrogen and oxygen atoms in total. The third kappa shape index (κ3) is 1.75. The smallest absolute Gasteiger partial charge is 0.0289 e. The molecule has 1 heteroatoms. The minimum atomic E-state index is 0.925. The molecule has 0 unspecified atom stereocenters. The molecule has 0 radical (unpaired) electrons. The molecule has 1 aromatic carbocycles. The molecule has 1 aromatic rings. The maximum Gasteiger partial charge on any atom is 0.0289 e. The van der Waals surface area contributed by atoms with E-state index >= 15 is 0 Å². The van der Waals surface area contributed by atoms with Gasteiger partial charge >= 0.3 is 0 Å². The van der Waals surface area contributed by atoms with E-state index in [1.807, 2.05) is 0 Å². The van der Waals surface area contributed by atoms with E-state index in [1.165, 1.54) is 16.7 Å². The Hall–Kier alpha value is -0.820. The minimum Gasteiger partial charge on any atom is -0.0876 e. The van der Waals surface area contributed by atoms with Crippen molar-refractivity contribution in [2.75, 3.05) is 0 Å². The van der Waals surface area contributed by atoms with Crippen molar-refractivity contribution in [3.63, 3.8) is 0 Å². The first-order valence-corrected chi connectivity index (χ1v) is 5.55. The Morgan fingerprint density at radius 3 is 2.77 bits per heavy atom. The van der Waals surface area contributed by atoms with Crippen LogP contribution >= 0.6 is 15.9 Å². The number of halogens is 1. The summed E-state index contributed by atoms with van der Waals surface area (Å²) in [6, 6.07) is 8.52. The van der Waals surface area contributed by atoms with Gasteiger partial charge in [0, 0.05) is 5.33 Å². The lowest BCUT2D eigenvalue weighted by Crippen LogP contribution is -1.86. The Kier molecular flexibility index (Phi) is 2.65. The zero-order valence-corrected chi connectivity index (χ0v) is 8.92. The second-order valence-corrected chi connectivity index (χ2v) is 3.65. The average Bonchev–Trinajstić information content (AvgIpc) is 2.70. The Morgan fingerprint density at radius 1 is 1.23 bits per heavy atom. The van der Waals surface area contributed by atoms with Crippen LogP contribution in [-0.2, 0) is 5.33 Å². The predicted octanol–water partition coefficient (Wildman–Crippen LogP) is 3.92. The molecule has 0 saturated heterocycles. The molecule has 0 aromatic heterocycles. The van der Waals surface area contributed by atoms with Crippen LogP contribution in [0.15, 0.2) is 42.5 Å². The highest BCUT2D eigenvalue weighted by Gasteiger charge is 2.05. The predicted molar refractivity (Wildman–Crippen MR) is 60.8 cm³/mol. The molecule has 0 fully saturated rings. The van der Waals surface area contributed by atoms with Gasteiger partial charge in [-0.25, -0.2) is 0 Å². The van der Waals surface area contributed by atoms with Crippen LogP contribution in [0.3, 0.4) is 0 Å². The van der Waals surface area contributed by atoms with E-state index in [0.717, 1.165) is 11.8 Å². The number of hydrogen-bond acceptors (Lipinski definition) is 0. The van der Waals surface area contributed by atoms with Crippen LogP contribution in [0.2, 0.25) is 0 Å². The van der Waals surface area contributed by atoms with Crippen LogP contribution in [0.1, 0.15) is 17.5 Å². The first-order chi connectivity index (χ1) is 6.42. The first-order valence-electron chi connectivity index (χ1n) is 4.43. The largest absolute Gasteiger partial charge is 0.0876 e. The number of hydrogen-bond donors (Lipinski definition) is 0. The quantitative estimate of drug-likeness (QED) is 0.681. The Balaban J connectivity index is 2.44. The molecular weight excluding hydrogens is 224 g/mol. The van der Waals surface area contributed by atoms with E-state index in [1.54, 1.807) is 0 Å². The molecular formula is C12H11Br. The van der Waals surface area contributed by atoms with Gasteiger partial charge in [-0.05, 0) is 23.1 Å². The van der Waals surface area contributed by atoms with Crippen LogP contribution in [0.5, 0.6) is 0 Å². The Labute approximate surface area is 87.1 Å². The van der Waals surface area contributed by atoms with Gasteiger partial charge in [-0.2, -0.15) is 0 Å². The molecule has 0 N–H and O–H groups in total. The van der Waals surface area contributed by atoms with E-state index < -0.39 is 0 Å². The van der Waals surface area contributed by atoms with Crippen molar-refractivity contribution in [1.82, 2.24) is 0 Å². The summed E-state index contributed by atoms with van der Waals surface area (Å²) >= 11 is 3.50. The summed E-state index contributed by atoms with van der Waals surface area (Å²) in [7, 11) is 0. The highest BCUT2D eigenvalue weighted by Crippen LogP contribution is 2.25. The summed E-state index contributed by atoms with van der Waals surface area (Å²) < 4.78 is 0. The first kappa shape index (κ1) is 8.76. The zero-order valence-electron chi connectivity index (χ0n) is 7.33. The van der Waals surface area contributed by atoms with Crippen molar-refractivity contribution in [1.29, 1.82) is 0 Å². The summed E-state index contributed by atoms with van der Waals surface area (Å²) in [5.74, 6) is 0. The zero-order chi connectivity index (χ0) is 9.10. The lowest BCUT2D eigenvalue weighted by molar-refractivity contribution is 1.39. The van der Waals surface area contributed by atoms with Crippen LogP contribution in [0.4, 0.5) is 0 Å². The standard InChI is InChI=1S/C12H11Br/c13-9-11-7-3-4-8-12(11)10-5-1-2-6-10/h1,3-8H,2,9H2. The molecule has 2 rings (SSSR count). The molecule has 0 aliphatic heterocycles. The van der Waals surface area contributed by atoms with Gasteiger partial charge in [0.25, 0.3) is 0 Å². The second-order valence-electron chi connectivity index (χ2n) is 3.09. The average molecular weight is 235 g/mol. The molecule has 0 bridgehead atoms. The van der Waals surface area contributed by atoms with Crippen molar-refractivity contribution >= 4 is 21.5 Å². The topological polar surface area (TPSA) is 0 Å². The fourth-order valence-corrected chi connectivity index (χ4v) is 2.07. The van der Waals surface area contributed by atoms with Gasteiger partial charge in [-0.1, -0.05) is 58.4 Å². The van der Waals surface area contributed by atoms with Gasteiger partial charge in [-0.3, -0.25) is 0 Å². The summed E-state index contributed by atoms with van der Waals surface area (Å²) in [6.07, 6.45) is 7.73. The molecule has 0 saturated carbocycles. The molecule has 0 atom stereocenters. The molecule has 13 heavy (non-hydrogen) atoms. The van der Waals surface area contributed by atoms with Crippen molar-refractivity contribution < 1.29 is 0 Å². The molecule has 66 valence electrons. The Morgan fingerprint density at radius 2 is 2.08 bits per heavy atom. The van der Waals surface area contributed by atoms with Gasteiger partial charge in [0.15, 0.2) is 0 Å².